The topological polar surface area (TPSA) is 66.9 Å². The summed E-state index contributed by atoms with van der Waals surface area (Å²) < 4.78 is 0. The number of halogens is 1. The highest BCUT2D eigenvalue weighted by molar-refractivity contribution is 6.31. The quantitative estimate of drug-likeness (QED) is 0.833. The number of rotatable bonds is 5. The predicted octanol–water partition coefficient (Wildman–Crippen LogP) is 3.10. The van der Waals surface area contributed by atoms with Crippen LogP contribution in [0, 0.1) is 6.92 Å². The lowest BCUT2D eigenvalue weighted by molar-refractivity contribution is 0.0952. The van der Waals surface area contributed by atoms with Gasteiger partial charge in [0.1, 0.15) is 0 Å². The maximum absolute atomic E-state index is 11.7. The SMILES string of the molecule is C=CCNC(=O)c1ccc(Nc2ccc(C)c(Cl)c2)nn1. The molecule has 0 aliphatic carbocycles. The van der Waals surface area contributed by atoms with E-state index < -0.39 is 0 Å². The molecule has 5 nitrogen and oxygen atoms in total. The predicted molar refractivity (Wildman–Crippen MR) is 84.0 cm³/mol. The fraction of sp³-hybridized carbons (Fsp3) is 0.133. The standard InChI is InChI=1S/C15H15ClN4O/c1-3-8-17-15(21)13-6-7-14(20-19-13)18-11-5-4-10(2)12(16)9-11/h3-7,9H,1,8H2,2H3,(H,17,21)(H,18,20). The minimum atomic E-state index is -0.285. The lowest BCUT2D eigenvalue weighted by Gasteiger charge is -2.07. The number of aromatic nitrogens is 2. The number of nitrogens with zero attached hydrogens (tertiary/aromatic N) is 2. The molecule has 0 aliphatic rings. The summed E-state index contributed by atoms with van der Waals surface area (Å²) in [6.07, 6.45) is 1.60. The third-order valence-corrected chi connectivity index (χ3v) is 3.16. The van der Waals surface area contributed by atoms with Crippen molar-refractivity contribution in [1.82, 2.24) is 15.5 Å². The highest BCUT2D eigenvalue weighted by atomic mass is 35.5. The summed E-state index contributed by atoms with van der Waals surface area (Å²) in [5.41, 5.74) is 2.07. The molecule has 0 spiro atoms. The van der Waals surface area contributed by atoms with Crippen molar-refractivity contribution in [3.05, 3.63) is 59.3 Å². The van der Waals surface area contributed by atoms with Crippen molar-refractivity contribution in [3.8, 4) is 0 Å². The largest absolute Gasteiger partial charge is 0.347 e. The molecule has 1 aromatic heterocycles. The molecular formula is C15H15ClN4O. The Morgan fingerprint density at radius 1 is 1.33 bits per heavy atom. The molecular weight excluding hydrogens is 288 g/mol. The van der Waals surface area contributed by atoms with Gasteiger partial charge in [-0.15, -0.1) is 16.8 Å². The second kappa shape index (κ2) is 6.85. The maximum atomic E-state index is 11.7. The van der Waals surface area contributed by atoms with Crippen LogP contribution in [0.3, 0.4) is 0 Å². The molecule has 2 N–H and O–H groups in total. The van der Waals surface area contributed by atoms with Crippen LogP contribution in [0.5, 0.6) is 0 Å². The van der Waals surface area contributed by atoms with E-state index in [1.54, 1.807) is 18.2 Å². The van der Waals surface area contributed by atoms with E-state index in [1.807, 2.05) is 25.1 Å². The molecule has 0 saturated heterocycles. The lowest BCUT2D eigenvalue weighted by Crippen LogP contribution is -2.24. The van der Waals surface area contributed by atoms with Crippen molar-refractivity contribution in [2.75, 3.05) is 11.9 Å². The number of carbonyl (C=O) groups is 1. The number of carbonyl (C=O) groups excluding carboxylic acids is 1. The average molecular weight is 303 g/mol. The van der Waals surface area contributed by atoms with Gasteiger partial charge in [0, 0.05) is 17.3 Å². The van der Waals surface area contributed by atoms with Crippen molar-refractivity contribution in [2.24, 2.45) is 0 Å². The van der Waals surface area contributed by atoms with Gasteiger partial charge in [0.15, 0.2) is 11.5 Å². The second-order valence-corrected chi connectivity index (χ2v) is 4.80. The molecule has 0 atom stereocenters. The van der Waals surface area contributed by atoms with Crippen molar-refractivity contribution < 1.29 is 4.79 Å². The fourth-order valence-electron chi connectivity index (χ4n) is 1.59. The number of aryl methyl sites for hydroxylation is 1. The monoisotopic (exact) mass is 302 g/mol. The van der Waals surface area contributed by atoms with Gasteiger partial charge in [0.05, 0.1) is 0 Å². The zero-order chi connectivity index (χ0) is 15.2. The highest BCUT2D eigenvalue weighted by Gasteiger charge is 2.07. The smallest absolute Gasteiger partial charge is 0.272 e. The molecule has 2 rings (SSSR count). The Kier molecular flexibility index (Phi) is 4.90. The van der Waals surface area contributed by atoms with E-state index in [-0.39, 0.29) is 11.6 Å². The zero-order valence-corrected chi connectivity index (χ0v) is 12.3. The lowest BCUT2D eigenvalue weighted by atomic mass is 10.2. The van der Waals surface area contributed by atoms with Gasteiger partial charge in [0.25, 0.3) is 5.91 Å². The number of anilines is 2. The van der Waals surface area contributed by atoms with Crippen molar-refractivity contribution >= 4 is 29.0 Å². The Morgan fingerprint density at radius 3 is 2.76 bits per heavy atom. The first-order valence-electron chi connectivity index (χ1n) is 6.36. The molecule has 1 heterocycles. The van der Waals surface area contributed by atoms with Gasteiger partial charge in [-0.25, -0.2) is 0 Å². The highest BCUT2D eigenvalue weighted by Crippen LogP contribution is 2.22. The average Bonchev–Trinajstić information content (AvgIpc) is 2.49. The summed E-state index contributed by atoms with van der Waals surface area (Å²) in [6.45, 7) is 5.85. The van der Waals surface area contributed by atoms with E-state index in [4.69, 9.17) is 11.6 Å². The van der Waals surface area contributed by atoms with Gasteiger partial charge in [-0.05, 0) is 36.8 Å². The summed E-state index contributed by atoms with van der Waals surface area (Å²) >= 11 is 6.06. The van der Waals surface area contributed by atoms with E-state index in [1.165, 1.54) is 0 Å². The van der Waals surface area contributed by atoms with E-state index in [0.717, 1.165) is 11.3 Å². The number of benzene rings is 1. The summed E-state index contributed by atoms with van der Waals surface area (Å²) in [5, 5.41) is 14.2. The van der Waals surface area contributed by atoms with Crippen LogP contribution in [-0.4, -0.2) is 22.6 Å². The normalized spacial score (nSPS) is 10.0. The third-order valence-electron chi connectivity index (χ3n) is 2.75. The van der Waals surface area contributed by atoms with E-state index in [9.17, 15) is 4.79 Å². The van der Waals surface area contributed by atoms with Gasteiger partial charge in [-0.1, -0.05) is 23.7 Å². The number of hydrogen-bond acceptors (Lipinski definition) is 4. The van der Waals surface area contributed by atoms with Crippen LogP contribution < -0.4 is 10.6 Å². The first-order chi connectivity index (χ1) is 10.1. The van der Waals surface area contributed by atoms with Gasteiger partial charge in [-0.3, -0.25) is 4.79 Å². The number of hydrogen-bond donors (Lipinski definition) is 2. The summed E-state index contributed by atoms with van der Waals surface area (Å²) in [5.74, 6) is 0.252. The van der Waals surface area contributed by atoms with Crippen LogP contribution in [0.1, 0.15) is 16.1 Å². The summed E-state index contributed by atoms with van der Waals surface area (Å²) in [6, 6.07) is 8.90. The van der Waals surface area contributed by atoms with Crippen molar-refractivity contribution in [2.45, 2.75) is 6.92 Å². The molecule has 6 heteroatoms. The van der Waals surface area contributed by atoms with Crippen LogP contribution in [0.2, 0.25) is 5.02 Å². The fourth-order valence-corrected chi connectivity index (χ4v) is 1.77. The molecule has 108 valence electrons. The zero-order valence-electron chi connectivity index (χ0n) is 11.6. The van der Waals surface area contributed by atoms with Crippen LogP contribution >= 0.6 is 11.6 Å². The Morgan fingerprint density at radius 2 is 2.14 bits per heavy atom. The molecule has 0 fully saturated rings. The first-order valence-corrected chi connectivity index (χ1v) is 6.74. The summed E-state index contributed by atoms with van der Waals surface area (Å²) in [4.78, 5) is 11.7. The molecule has 21 heavy (non-hydrogen) atoms. The molecule has 1 aromatic carbocycles. The Bertz CT molecular complexity index is 655. The third kappa shape index (κ3) is 4.03. The van der Waals surface area contributed by atoms with E-state index in [2.05, 4.69) is 27.4 Å². The van der Waals surface area contributed by atoms with Gasteiger partial charge in [0.2, 0.25) is 0 Å². The molecule has 0 saturated carbocycles. The Hall–Kier alpha value is -2.40. The molecule has 2 aromatic rings. The first kappa shape index (κ1) is 15.0. The molecule has 1 amide bonds. The summed E-state index contributed by atoms with van der Waals surface area (Å²) in [7, 11) is 0. The van der Waals surface area contributed by atoms with Crippen LogP contribution in [-0.2, 0) is 0 Å². The number of nitrogens with one attached hydrogen (secondary N) is 2. The van der Waals surface area contributed by atoms with Gasteiger partial charge in [-0.2, -0.15) is 0 Å². The van der Waals surface area contributed by atoms with Crippen LogP contribution in [0.15, 0.2) is 43.0 Å². The van der Waals surface area contributed by atoms with Crippen molar-refractivity contribution in [3.63, 3.8) is 0 Å². The molecule has 0 aliphatic heterocycles. The van der Waals surface area contributed by atoms with Gasteiger partial charge < -0.3 is 10.6 Å². The second-order valence-electron chi connectivity index (χ2n) is 4.39. The molecule has 0 radical (unpaired) electrons. The number of amides is 1. The molecule has 0 unspecified atom stereocenters. The minimum absolute atomic E-state index is 0.254. The Balaban J connectivity index is 2.06. The van der Waals surface area contributed by atoms with Crippen molar-refractivity contribution in [1.29, 1.82) is 0 Å². The van der Waals surface area contributed by atoms with Gasteiger partial charge >= 0.3 is 0 Å². The van der Waals surface area contributed by atoms with E-state index in [0.29, 0.717) is 17.4 Å². The van der Waals surface area contributed by atoms with E-state index >= 15 is 0 Å². The van der Waals surface area contributed by atoms with Crippen LogP contribution in [0.25, 0.3) is 0 Å². The van der Waals surface area contributed by atoms with Crippen LogP contribution in [0.4, 0.5) is 11.5 Å². The maximum Gasteiger partial charge on any atom is 0.272 e. The minimum Gasteiger partial charge on any atom is -0.347 e. The molecule has 0 bridgehead atoms. The Labute approximate surface area is 128 Å².